The van der Waals surface area contributed by atoms with Gasteiger partial charge in [-0.3, -0.25) is 34.1 Å². The summed E-state index contributed by atoms with van der Waals surface area (Å²) in [5.74, 6) is 5.17. The summed E-state index contributed by atoms with van der Waals surface area (Å²) in [5, 5.41) is 57.9. The number of hydrogen-bond acceptors (Lipinski definition) is 24. The molecule has 6 aliphatic rings. The Kier molecular flexibility index (Phi) is 42.3. The fourth-order valence-corrected chi connectivity index (χ4v) is 21.1. The number of aryl methyl sites for hydroxylation is 4. The average Bonchev–Trinajstić information content (AvgIpc) is 1.61. The Morgan fingerprint density at radius 1 is 0.386 bits per heavy atom. The fraction of sp³-hybridized carbons (Fsp3) is 0.465. The van der Waals surface area contributed by atoms with Crippen LogP contribution in [0, 0.1) is 0 Å². The van der Waals surface area contributed by atoms with E-state index in [2.05, 4.69) is 192 Å². The molecule has 0 aliphatic heterocycles. The normalized spacial score (nSPS) is 15.8. The Hall–Kier alpha value is -8.97. The van der Waals surface area contributed by atoms with Gasteiger partial charge in [0.2, 0.25) is 0 Å². The molecule has 748 valence electrons. The molecule has 21 nitrogen and oxygen atoms in total. The Morgan fingerprint density at radius 2 is 0.700 bits per heavy atom. The molecule has 4 atom stereocenters. The number of Topliss-reactive ketones (excluding diaryl/α,β-unsaturated/α-hetero) is 1. The number of carboxylic acid groups (broad SMARTS) is 1. The smallest absolute Gasteiger partial charge is 0.305 e. The van der Waals surface area contributed by atoms with E-state index in [-0.39, 0.29) is 53.8 Å². The predicted molar refractivity (Wildman–Crippen MR) is 559 cm³/mol. The lowest BCUT2D eigenvalue weighted by molar-refractivity contribution is -0.144. The number of ketones is 1. The number of aliphatic hydroxyl groups excluding tert-OH is 5. The van der Waals surface area contributed by atoms with Crippen LogP contribution in [0.5, 0.6) is 17.2 Å². The molecule has 3 heterocycles. The lowest BCUT2D eigenvalue weighted by Crippen LogP contribution is -2.45. The van der Waals surface area contributed by atoms with E-state index >= 15 is 0 Å². The number of pyridine rings is 3. The van der Waals surface area contributed by atoms with Crippen molar-refractivity contribution in [3.8, 4) is 50.6 Å². The number of aromatic nitrogens is 3. The van der Waals surface area contributed by atoms with Gasteiger partial charge < -0.3 is 68.5 Å². The minimum atomic E-state index is -1.69. The summed E-state index contributed by atoms with van der Waals surface area (Å²) in [4.78, 5) is 64.2. The number of hydrogen-bond donors (Lipinski definition) is 6. The first kappa shape index (κ1) is 108. The zero-order valence-electron chi connectivity index (χ0n) is 81.7. The van der Waals surface area contributed by atoms with Crippen LogP contribution in [-0.2, 0) is 110 Å². The topological polar surface area (TPSA) is 302 Å². The van der Waals surface area contributed by atoms with Gasteiger partial charge in [0, 0.05) is 128 Å². The third-order valence-corrected chi connectivity index (χ3v) is 30.8. The van der Waals surface area contributed by atoms with Crippen LogP contribution in [0.4, 0.5) is 0 Å². The van der Waals surface area contributed by atoms with Gasteiger partial charge in [0.05, 0.1) is 80.9 Å². The average molecular weight is 2050 g/mol. The first-order valence-electron chi connectivity index (χ1n) is 50.1. The number of alkyl halides is 1. The minimum Gasteiger partial charge on any atom is -0.490 e. The van der Waals surface area contributed by atoms with Crippen molar-refractivity contribution >= 4 is 86.7 Å². The minimum absolute atomic E-state index is 0.0347. The molecular formula is C114H138BrN3O18S4. The maximum atomic E-state index is 12.4. The number of esters is 2. The Balaban J connectivity index is 0.000000163. The van der Waals surface area contributed by atoms with E-state index in [1.807, 2.05) is 81.4 Å². The number of carbonyl (C=O) groups excluding carboxylic acids is 3. The molecule has 6 aliphatic carbocycles. The molecule has 0 bridgehead atoms. The lowest BCUT2D eigenvalue weighted by atomic mass is 9.96. The molecule has 0 amide bonds. The zero-order valence-corrected chi connectivity index (χ0v) is 86.5. The summed E-state index contributed by atoms with van der Waals surface area (Å²) in [6.45, 7) is 14.1. The third kappa shape index (κ3) is 32.3. The zero-order chi connectivity index (χ0) is 98.8. The second-order valence-electron chi connectivity index (χ2n) is 36.5. The molecule has 16 rings (SSSR count). The predicted octanol–water partition coefficient (Wildman–Crippen LogP) is 23.8. The van der Waals surface area contributed by atoms with Crippen molar-refractivity contribution in [2.24, 2.45) is 0 Å². The van der Waals surface area contributed by atoms with Crippen molar-refractivity contribution < 1.29 is 87.7 Å². The molecule has 6 saturated carbocycles. The summed E-state index contributed by atoms with van der Waals surface area (Å²) in [6.07, 6.45) is 27.1. The fourth-order valence-electron chi connectivity index (χ4n) is 16.9. The molecule has 6 N–H and O–H groups in total. The molecule has 10 aromatic rings. The van der Waals surface area contributed by atoms with Crippen molar-refractivity contribution in [1.29, 1.82) is 0 Å². The van der Waals surface area contributed by atoms with Gasteiger partial charge in [-0.05, 0) is 318 Å². The highest BCUT2D eigenvalue weighted by molar-refractivity contribution is 9.08. The van der Waals surface area contributed by atoms with Gasteiger partial charge in [0.25, 0.3) is 0 Å². The first-order chi connectivity index (χ1) is 68.1. The number of nitrogens with zero attached hydrogens (tertiary/aromatic N) is 3. The number of carboxylic acids is 1. The van der Waals surface area contributed by atoms with Crippen molar-refractivity contribution in [2.45, 2.75) is 313 Å². The van der Waals surface area contributed by atoms with Crippen LogP contribution in [0.3, 0.4) is 0 Å². The van der Waals surface area contributed by atoms with Gasteiger partial charge in [-0.25, -0.2) is 0 Å². The Morgan fingerprint density at radius 3 is 1.01 bits per heavy atom. The molecule has 6 fully saturated rings. The highest BCUT2D eigenvalue weighted by Gasteiger charge is 2.51. The maximum absolute atomic E-state index is 12.4. The first-order valence-corrected chi connectivity index (χ1v) is 55.2. The van der Waals surface area contributed by atoms with E-state index in [1.54, 1.807) is 47.0 Å². The van der Waals surface area contributed by atoms with Crippen molar-refractivity contribution in [1.82, 2.24) is 15.0 Å². The molecular weight excluding hydrogens is 1910 g/mol. The number of thioether (sulfide) groups is 4. The van der Waals surface area contributed by atoms with Crippen LogP contribution in [0.2, 0.25) is 0 Å². The summed E-state index contributed by atoms with van der Waals surface area (Å²) < 4.78 is 48.8. The standard InChI is InChI=1S/C37H47NO8S.C32H37NO4S.C30H33NO4S.C15H21BrO2S/c1-2-24-9-13-28(47-19-5-6-26(40)10-14-32(41)35(43)36(44)33(42)22-39)20-25(24)23-45-37(16-17-37)31-21-38-18-15-29(31)30-7-3-4-8-34(30)46-27-11-12-27;1-3-23-11-14-26(38-19-7-10-31(34)35-4-2)20-24(23)22-36-32(16-17-32)29-21-33-18-15-27(29)28-8-5-6-9-30(28)37-25-12-13-25;1-2-21-9-12-24(36-17-5-8-29(32)33)18-22(21)20-34-30(14-15-30)27-19-31-16-13-25(27)26-6-3-4-7-28(26)35-23-10-11-23;1-3-12-7-8-14(10-13(12)11-16)19-9-5-6-15(17)18-4-2/h3-4,7-9,13,15,18,20-21,27,32-33,35-36,39,41-44H,2,5-6,10-12,14,16-17,19,22-23H2,1H3;5-6,8-9,11,14-15,18,20-21,25H,3-4,7,10,12-13,16-17,19,22H2,1-2H3;3-4,6-7,9,12-13,16,18-19,23H,2,5,8,10-11,14-15,17,20H2,1H3,(H,32,33);7-8,10H,3-6,9,11H2,1-2H3/t32-,33+,35+,36+;;;/m0.../s1. The number of benzene rings is 7. The SMILES string of the molecule is CCOC(=O)CCCSc1ccc(CC)c(CBr)c1.CCOC(=O)CCCSc1ccc(CC)c(COC2(c3cnccc3-c3ccccc3OC3CC3)CC2)c1.CCc1ccc(SCCCC(=O)CC[C@H](O)[C@@H](O)[C@H](O)[C@H](O)CO)cc1COC1(c2cnccc2-c2ccccc2OC2CC2)CC1.CCc1ccc(SCCCC(=O)O)cc1COC1(c2cnccc2-c2ccccc2OC2CC2)CC1. The molecule has 0 radical (unpaired) electrons. The second-order valence-corrected chi connectivity index (χ2v) is 41.7. The number of carbonyl (C=O) groups is 4. The molecule has 7 aromatic carbocycles. The van der Waals surface area contributed by atoms with E-state index in [1.165, 1.54) is 48.7 Å². The van der Waals surface area contributed by atoms with Crippen LogP contribution < -0.4 is 14.2 Å². The quantitative estimate of drug-likeness (QED) is 0.00893. The van der Waals surface area contributed by atoms with Gasteiger partial charge in [-0.2, -0.15) is 0 Å². The van der Waals surface area contributed by atoms with Gasteiger partial charge in [0.15, 0.2) is 0 Å². The number of ether oxygens (including phenoxy) is 8. The van der Waals surface area contributed by atoms with Crippen LogP contribution in [0.25, 0.3) is 33.4 Å². The molecule has 0 unspecified atom stereocenters. The highest BCUT2D eigenvalue weighted by Crippen LogP contribution is 2.57. The second kappa shape index (κ2) is 54.6. The molecule has 0 saturated heterocycles. The Labute approximate surface area is 851 Å². The Bertz CT molecular complexity index is 5670. The van der Waals surface area contributed by atoms with Crippen LogP contribution in [0.1, 0.15) is 244 Å². The van der Waals surface area contributed by atoms with Crippen molar-refractivity contribution in [3.63, 3.8) is 0 Å². The van der Waals surface area contributed by atoms with E-state index in [0.29, 0.717) is 83.5 Å². The molecule has 0 spiro atoms. The van der Waals surface area contributed by atoms with Gasteiger partial charge >= 0.3 is 17.9 Å². The van der Waals surface area contributed by atoms with Crippen molar-refractivity contribution in [3.05, 3.63) is 262 Å². The summed E-state index contributed by atoms with van der Waals surface area (Å²) >= 11 is 10.5. The number of aliphatic hydroxyl groups is 5. The van der Waals surface area contributed by atoms with E-state index in [9.17, 15) is 39.6 Å². The number of para-hydroxylation sites is 3. The van der Waals surface area contributed by atoms with Crippen molar-refractivity contribution in [2.75, 3.05) is 42.8 Å². The van der Waals surface area contributed by atoms with Crippen LogP contribution in [-0.4, -0.2) is 155 Å². The molecule has 140 heavy (non-hydrogen) atoms. The molecule has 26 heteroatoms. The number of rotatable bonds is 55. The van der Waals surface area contributed by atoms with E-state index < -0.39 is 37.0 Å². The highest BCUT2D eigenvalue weighted by atomic mass is 79.9. The maximum Gasteiger partial charge on any atom is 0.305 e. The van der Waals surface area contributed by atoms with E-state index in [0.717, 1.165) is 227 Å². The van der Waals surface area contributed by atoms with Gasteiger partial charge in [-0.1, -0.05) is 122 Å². The monoisotopic (exact) mass is 2040 g/mol. The summed E-state index contributed by atoms with van der Waals surface area (Å²) in [6, 6.07) is 57.3. The number of halogens is 1. The van der Waals surface area contributed by atoms with Gasteiger partial charge in [0.1, 0.15) is 41.3 Å². The summed E-state index contributed by atoms with van der Waals surface area (Å²) in [5.41, 5.74) is 19.2. The summed E-state index contributed by atoms with van der Waals surface area (Å²) in [7, 11) is 0. The van der Waals surface area contributed by atoms with Crippen LogP contribution >= 0.6 is 63.0 Å². The van der Waals surface area contributed by atoms with E-state index in [4.69, 9.17) is 48.1 Å². The van der Waals surface area contributed by atoms with Crippen LogP contribution in [0.15, 0.2) is 221 Å². The largest absolute Gasteiger partial charge is 0.490 e. The number of aliphatic carboxylic acids is 1. The molecule has 3 aromatic heterocycles. The third-order valence-electron chi connectivity index (χ3n) is 25.8. The lowest BCUT2D eigenvalue weighted by Gasteiger charge is -2.25. The van der Waals surface area contributed by atoms with Gasteiger partial charge in [-0.15, -0.1) is 47.0 Å².